The third-order valence-corrected chi connectivity index (χ3v) is 1.67. The van der Waals surface area contributed by atoms with E-state index in [1.54, 1.807) is 13.8 Å². The topological polar surface area (TPSA) is 76.1 Å². The molecule has 6 nitrogen and oxygen atoms in total. The second-order valence-electron chi connectivity index (χ2n) is 2.83. The average molecular weight is 219 g/mol. The first-order chi connectivity index (χ1) is 7.02. The summed E-state index contributed by atoms with van der Waals surface area (Å²) in [5, 5.41) is 9.94. The van der Waals surface area contributed by atoms with Gasteiger partial charge < -0.3 is 14.7 Å². The molecule has 0 aliphatic rings. The molecule has 1 unspecified atom stereocenters. The molecule has 0 spiro atoms. The van der Waals surface area contributed by atoms with E-state index in [4.69, 9.17) is 0 Å². The predicted molar refractivity (Wildman–Crippen MR) is 51.2 cm³/mol. The number of nitrogens with zero attached hydrogens (tertiary/aromatic N) is 1. The van der Waals surface area contributed by atoms with E-state index in [2.05, 4.69) is 9.47 Å². The van der Waals surface area contributed by atoms with Gasteiger partial charge in [-0.15, -0.1) is 0 Å². The van der Waals surface area contributed by atoms with E-state index in [0.29, 0.717) is 5.06 Å². The smallest absolute Gasteiger partial charge is 0.325 e. The van der Waals surface area contributed by atoms with Gasteiger partial charge in [0.2, 0.25) is 0 Å². The molecule has 0 saturated heterocycles. The zero-order valence-electron chi connectivity index (χ0n) is 9.23. The van der Waals surface area contributed by atoms with Crippen LogP contribution in [0.15, 0.2) is 0 Å². The Labute approximate surface area is 88.7 Å². The maximum Gasteiger partial charge on any atom is 0.325 e. The van der Waals surface area contributed by atoms with Crippen LogP contribution < -0.4 is 0 Å². The highest BCUT2D eigenvalue weighted by Gasteiger charge is 2.23. The van der Waals surface area contributed by atoms with E-state index < -0.39 is 18.0 Å². The number of carbonyl (C=O) groups excluding carboxylic acids is 2. The molecule has 0 aromatic rings. The third kappa shape index (κ3) is 5.34. The van der Waals surface area contributed by atoms with Crippen molar-refractivity contribution in [2.45, 2.75) is 26.8 Å². The van der Waals surface area contributed by atoms with E-state index in [1.165, 1.54) is 6.92 Å². The molecule has 0 rings (SSSR count). The molecule has 0 aromatic heterocycles. The van der Waals surface area contributed by atoms with Crippen LogP contribution in [-0.2, 0) is 19.1 Å². The minimum absolute atomic E-state index is 0.233. The molecule has 1 N–H and O–H groups in total. The lowest BCUT2D eigenvalue weighted by Crippen LogP contribution is -2.41. The first kappa shape index (κ1) is 13.9. The zero-order valence-corrected chi connectivity index (χ0v) is 9.23. The molecule has 6 heteroatoms. The summed E-state index contributed by atoms with van der Waals surface area (Å²) in [7, 11) is 0. The van der Waals surface area contributed by atoms with Crippen LogP contribution >= 0.6 is 0 Å². The molecule has 0 aliphatic carbocycles. The van der Waals surface area contributed by atoms with Crippen LogP contribution in [0.3, 0.4) is 0 Å². The summed E-state index contributed by atoms with van der Waals surface area (Å²) in [4.78, 5) is 22.1. The van der Waals surface area contributed by atoms with Crippen LogP contribution in [0.1, 0.15) is 20.8 Å². The highest BCUT2D eigenvalue weighted by molar-refractivity contribution is 5.77. The third-order valence-electron chi connectivity index (χ3n) is 1.67. The summed E-state index contributed by atoms with van der Waals surface area (Å²) in [6, 6.07) is -0.880. The molecule has 0 heterocycles. The Morgan fingerprint density at radius 1 is 1.27 bits per heavy atom. The van der Waals surface area contributed by atoms with Gasteiger partial charge in [0.15, 0.2) is 0 Å². The lowest BCUT2D eigenvalue weighted by atomic mass is 10.3. The Bertz CT molecular complexity index is 219. The van der Waals surface area contributed by atoms with Gasteiger partial charge in [0.25, 0.3) is 0 Å². The Morgan fingerprint density at radius 2 is 1.80 bits per heavy atom. The van der Waals surface area contributed by atoms with E-state index in [9.17, 15) is 14.8 Å². The van der Waals surface area contributed by atoms with Crippen molar-refractivity contribution in [3.8, 4) is 0 Å². The van der Waals surface area contributed by atoms with Crippen LogP contribution in [0.25, 0.3) is 0 Å². The van der Waals surface area contributed by atoms with Crippen LogP contribution in [-0.4, -0.2) is 48.0 Å². The van der Waals surface area contributed by atoms with Crippen molar-refractivity contribution >= 4 is 11.9 Å². The fourth-order valence-electron chi connectivity index (χ4n) is 0.860. The molecule has 0 radical (unpaired) electrons. The van der Waals surface area contributed by atoms with E-state index >= 15 is 0 Å². The minimum Gasteiger partial charge on any atom is -0.465 e. The summed E-state index contributed by atoms with van der Waals surface area (Å²) < 4.78 is 9.28. The van der Waals surface area contributed by atoms with Gasteiger partial charge in [-0.25, -0.2) is 0 Å². The van der Waals surface area contributed by atoms with Gasteiger partial charge in [0.1, 0.15) is 12.6 Å². The quantitative estimate of drug-likeness (QED) is 0.507. The second-order valence-corrected chi connectivity index (χ2v) is 2.83. The van der Waals surface area contributed by atoms with Crippen LogP contribution in [0.5, 0.6) is 0 Å². The molecule has 0 saturated carbocycles. The van der Waals surface area contributed by atoms with Crippen LogP contribution in [0.4, 0.5) is 0 Å². The molecule has 0 bridgehead atoms. The van der Waals surface area contributed by atoms with Crippen LogP contribution in [0.2, 0.25) is 0 Å². The van der Waals surface area contributed by atoms with Gasteiger partial charge in [-0.3, -0.25) is 9.59 Å². The SMILES string of the molecule is CCOC(=O)CN(O)C(C)C(=O)OCC. The Morgan fingerprint density at radius 3 is 2.27 bits per heavy atom. The number of hydrogen-bond acceptors (Lipinski definition) is 6. The van der Waals surface area contributed by atoms with Crippen molar-refractivity contribution in [3.05, 3.63) is 0 Å². The number of ether oxygens (including phenoxy) is 2. The van der Waals surface area contributed by atoms with Gasteiger partial charge in [0.05, 0.1) is 13.2 Å². The Kier molecular flexibility index (Phi) is 6.64. The van der Waals surface area contributed by atoms with Gasteiger partial charge in [-0.1, -0.05) is 0 Å². The lowest BCUT2D eigenvalue weighted by Gasteiger charge is -2.19. The Balaban J connectivity index is 4.02. The number of esters is 2. The number of carbonyl (C=O) groups is 2. The maximum absolute atomic E-state index is 11.1. The fourth-order valence-corrected chi connectivity index (χ4v) is 0.860. The average Bonchev–Trinajstić information content (AvgIpc) is 2.17. The molecule has 1 atom stereocenters. The van der Waals surface area contributed by atoms with E-state index in [1.807, 2.05) is 0 Å². The molecular formula is C9H17NO5. The minimum atomic E-state index is -0.880. The van der Waals surface area contributed by atoms with Gasteiger partial charge >= 0.3 is 11.9 Å². The monoisotopic (exact) mass is 219 g/mol. The maximum atomic E-state index is 11.1. The summed E-state index contributed by atoms with van der Waals surface area (Å²) in [6.07, 6.45) is 0. The van der Waals surface area contributed by atoms with Gasteiger partial charge in [-0.2, -0.15) is 5.06 Å². The Hall–Kier alpha value is -1.14. The summed E-state index contributed by atoms with van der Waals surface area (Å²) >= 11 is 0. The van der Waals surface area contributed by atoms with Gasteiger partial charge in [0, 0.05) is 0 Å². The summed E-state index contributed by atoms with van der Waals surface area (Å²) in [5.41, 5.74) is 0. The van der Waals surface area contributed by atoms with Crippen molar-refractivity contribution in [3.63, 3.8) is 0 Å². The second kappa shape index (κ2) is 7.19. The van der Waals surface area contributed by atoms with Crippen molar-refractivity contribution in [2.75, 3.05) is 19.8 Å². The molecule has 0 fully saturated rings. The van der Waals surface area contributed by atoms with Gasteiger partial charge in [-0.05, 0) is 20.8 Å². The highest BCUT2D eigenvalue weighted by atomic mass is 16.6. The first-order valence-electron chi connectivity index (χ1n) is 4.80. The molecule has 88 valence electrons. The number of rotatable bonds is 6. The number of hydrogen-bond donors (Lipinski definition) is 1. The van der Waals surface area contributed by atoms with Crippen molar-refractivity contribution in [1.82, 2.24) is 5.06 Å². The normalized spacial score (nSPS) is 12.3. The molecule has 0 aliphatic heterocycles. The van der Waals surface area contributed by atoms with Crippen molar-refractivity contribution < 1.29 is 24.3 Å². The summed E-state index contributed by atoms with van der Waals surface area (Å²) in [5.74, 6) is -1.17. The molecule has 0 aromatic carbocycles. The van der Waals surface area contributed by atoms with Crippen molar-refractivity contribution in [2.24, 2.45) is 0 Å². The lowest BCUT2D eigenvalue weighted by molar-refractivity contribution is -0.180. The number of hydroxylamine groups is 2. The van der Waals surface area contributed by atoms with E-state index in [0.717, 1.165) is 0 Å². The highest BCUT2D eigenvalue weighted by Crippen LogP contribution is 1.98. The van der Waals surface area contributed by atoms with Crippen LogP contribution in [0, 0.1) is 0 Å². The molecule has 0 amide bonds. The standard InChI is InChI=1S/C9H17NO5/c1-4-14-8(11)6-10(13)7(3)9(12)15-5-2/h7,13H,4-6H2,1-3H3. The molecular weight excluding hydrogens is 202 g/mol. The molecule has 15 heavy (non-hydrogen) atoms. The van der Waals surface area contributed by atoms with E-state index in [-0.39, 0.29) is 19.8 Å². The first-order valence-corrected chi connectivity index (χ1v) is 4.80. The van der Waals surface area contributed by atoms with Crippen molar-refractivity contribution in [1.29, 1.82) is 0 Å². The largest absolute Gasteiger partial charge is 0.465 e. The fraction of sp³-hybridized carbons (Fsp3) is 0.778. The predicted octanol–water partition coefficient (Wildman–Crippen LogP) is 0.192. The summed E-state index contributed by atoms with van der Waals surface area (Å²) in [6.45, 7) is 4.88. The zero-order chi connectivity index (χ0) is 11.8.